The number of hydrogen-bond acceptors (Lipinski definition) is 12. The van der Waals surface area contributed by atoms with E-state index in [1.54, 1.807) is 22.9 Å². The highest BCUT2D eigenvalue weighted by atomic mass is 32.2. The molecule has 0 saturated carbocycles. The molecule has 0 radical (unpaired) electrons. The summed E-state index contributed by atoms with van der Waals surface area (Å²) in [5.74, 6) is 1.46. The normalized spacial score (nSPS) is 16.0. The first-order valence-corrected chi connectivity index (χ1v) is 17.9. The van der Waals surface area contributed by atoms with Crippen molar-refractivity contribution in [1.29, 1.82) is 0 Å². The second-order valence-corrected chi connectivity index (χ2v) is 13.8. The number of aromatic nitrogens is 4. The minimum Gasteiger partial charge on any atom is -0.379 e. The molecule has 254 valence electrons. The summed E-state index contributed by atoms with van der Waals surface area (Å²) < 4.78 is 37.3. The van der Waals surface area contributed by atoms with Gasteiger partial charge in [0.05, 0.1) is 42.6 Å². The van der Waals surface area contributed by atoms with E-state index in [4.69, 9.17) is 14.6 Å². The van der Waals surface area contributed by atoms with Crippen LogP contribution in [-0.4, -0.2) is 116 Å². The number of aryl methyl sites for hydroxylation is 1. The van der Waals surface area contributed by atoms with Gasteiger partial charge in [-0.15, -0.1) is 0 Å². The van der Waals surface area contributed by atoms with Crippen LogP contribution < -0.4 is 16.0 Å². The molecular weight excluding hydrogens is 634 g/mol. The molecule has 2 aromatic heterocycles. The van der Waals surface area contributed by atoms with Gasteiger partial charge in [0, 0.05) is 75.6 Å². The Kier molecular flexibility index (Phi) is 10.6. The molecule has 0 unspecified atom stereocenters. The van der Waals surface area contributed by atoms with Crippen LogP contribution in [0, 0.1) is 6.92 Å². The molecule has 4 heterocycles. The Labute approximate surface area is 280 Å². The van der Waals surface area contributed by atoms with Crippen LogP contribution in [0.15, 0.2) is 65.8 Å². The van der Waals surface area contributed by atoms with E-state index in [1.165, 1.54) is 18.5 Å². The first kappa shape index (κ1) is 33.5. The zero-order valence-corrected chi connectivity index (χ0v) is 28.0. The quantitative estimate of drug-likeness (QED) is 0.202. The van der Waals surface area contributed by atoms with Gasteiger partial charge in [0.1, 0.15) is 18.0 Å². The van der Waals surface area contributed by atoms with Crippen LogP contribution in [-0.2, 0) is 25.9 Å². The highest BCUT2D eigenvalue weighted by Crippen LogP contribution is 2.28. The Balaban J connectivity index is 1.24. The molecule has 4 aromatic rings. The summed E-state index contributed by atoms with van der Waals surface area (Å²) in [6.07, 6.45) is 2.61. The van der Waals surface area contributed by atoms with E-state index in [0.29, 0.717) is 42.9 Å². The first-order chi connectivity index (χ1) is 23.2. The van der Waals surface area contributed by atoms with Gasteiger partial charge in [0.15, 0.2) is 15.7 Å². The number of ether oxygens (including phenoxy) is 2. The molecule has 2 aromatic carbocycles. The fraction of sp³-hybridized carbons (Fsp3) is 0.394. The third-order valence-corrected chi connectivity index (χ3v) is 9.40. The molecule has 0 atom stereocenters. The summed E-state index contributed by atoms with van der Waals surface area (Å²) in [6.45, 7) is 10.6. The topological polar surface area (TPSA) is 156 Å². The lowest BCUT2D eigenvalue weighted by Gasteiger charge is -2.26. The van der Waals surface area contributed by atoms with Gasteiger partial charge in [-0.2, -0.15) is 9.78 Å². The van der Waals surface area contributed by atoms with Crippen molar-refractivity contribution in [3.05, 3.63) is 77.7 Å². The van der Waals surface area contributed by atoms with Crippen molar-refractivity contribution in [2.24, 2.45) is 0 Å². The van der Waals surface area contributed by atoms with Gasteiger partial charge in [0.2, 0.25) is 0 Å². The van der Waals surface area contributed by atoms with Crippen molar-refractivity contribution in [3.63, 3.8) is 0 Å². The monoisotopic (exact) mass is 675 g/mol. The van der Waals surface area contributed by atoms with Crippen LogP contribution in [0.3, 0.4) is 0 Å². The first-order valence-electron chi connectivity index (χ1n) is 16.0. The summed E-state index contributed by atoms with van der Waals surface area (Å²) in [4.78, 5) is 26.8. The van der Waals surface area contributed by atoms with Gasteiger partial charge >= 0.3 is 0 Å². The van der Waals surface area contributed by atoms with Gasteiger partial charge < -0.3 is 25.4 Å². The molecule has 2 aliphatic rings. The molecule has 6 rings (SSSR count). The van der Waals surface area contributed by atoms with E-state index in [-0.39, 0.29) is 10.5 Å². The van der Waals surface area contributed by atoms with Crippen molar-refractivity contribution in [1.82, 2.24) is 29.5 Å². The summed E-state index contributed by atoms with van der Waals surface area (Å²) in [7, 11) is -3.59. The molecule has 0 aliphatic carbocycles. The smallest absolute Gasteiger partial charge is 0.256 e. The van der Waals surface area contributed by atoms with Crippen molar-refractivity contribution >= 4 is 38.8 Å². The Morgan fingerprint density at radius 2 is 1.65 bits per heavy atom. The Hall–Kier alpha value is -4.41. The van der Waals surface area contributed by atoms with Gasteiger partial charge in [-0.3, -0.25) is 14.6 Å². The molecule has 2 saturated heterocycles. The summed E-state index contributed by atoms with van der Waals surface area (Å²) in [5, 5.41) is 14.7. The predicted molar refractivity (Wildman–Crippen MR) is 183 cm³/mol. The van der Waals surface area contributed by atoms with Crippen molar-refractivity contribution < 1.29 is 22.7 Å². The molecule has 2 aliphatic heterocycles. The number of nitrogens with one attached hydrogen (secondary N) is 3. The Morgan fingerprint density at radius 1 is 0.917 bits per heavy atom. The maximum Gasteiger partial charge on any atom is 0.256 e. The number of carbonyl (C=O) groups excluding carboxylic acids is 1. The lowest BCUT2D eigenvalue weighted by atomic mass is 10.1. The maximum atomic E-state index is 13.2. The molecule has 48 heavy (non-hydrogen) atoms. The number of benzene rings is 2. The minimum absolute atomic E-state index is 0.0236. The fourth-order valence-corrected chi connectivity index (χ4v) is 6.52. The number of amides is 1. The van der Waals surface area contributed by atoms with Crippen LogP contribution in [0.1, 0.15) is 21.6 Å². The molecule has 0 bridgehead atoms. The lowest BCUT2D eigenvalue weighted by molar-refractivity contribution is 0.0336. The number of sulfone groups is 1. The van der Waals surface area contributed by atoms with Crippen LogP contribution >= 0.6 is 0 Å². The molecule has 0 spiro atoms. The van der Waals surface area contributed by atoms with Crippen LogP contribution in [0.25, 0.3) is 5.82 Å². The van der Waals surface area contributed by atoms with Gasteiger partial charge in [-0.1, -0.05) is 18.2 Å². The standard InChI is InChI=1S/C33H41N9O5S/c1-24-7-8-25(37-33(43)27-5-3-4-6-29(27)48(2,44)45)19-28(24)38-32-20-26(22-41-13-17-47-18-14-41)39-42(32)31-21-30(35-23-36-31)34-9-10-40-11-15-46-16-12-40/h3-8,19-21,23,38H,9-18,22H2,1-2H3,(H,37,43)(H,34,35,36). The van der Waals surface area contributed by atoms with Gasteiger partial charge in [-0.05, 0) is 36.8 Å². The van der Waals surface area contributed by atoms with Crippen LogP contribution in [0.2, 0.25) is 0 Å². The highest BCUT2D eigenvalue weighted by molar-refractivity contribution is 7.90. The van der Waals surface area contributed by atoms with E-state index in [2.05, 4.69) is 35.7 Å². The maximum absolute atomic E-state index is 13.2. The summed E-state index contributed by atoms with van der Waals surface area (Å²) in [6, 6.07) is 15.5. The number of rotatable bonds is 12. The fourth-order valence-electron chi connectivity index (χ4n) is 5.63. The van der Waals surface area contributed by atoms with E-state index in [1.807, 2.05) is 31.2 Å². The average molecular weight is 676 g/mol. The lowest BCUT2D eigenvalue weighted by Crippen LogP contribution is -2.39. The number of anilines is 4. The SMILES string of the molecule is Cc1ccc(NC(=O)c2ccccc2S(C)(=O)=O)cc1Nc1cc(CN2CCOCC2)nn1-c1cc(NCCN2CCOCC2)ncn1. The molecule has 14 nitrogen and oxygen atoms in total. The number of morpholine rings is 2. The number of hydrogen-bond donors (Lipinski definition) is 3. The largest absolute Gasteiger partial charge is 0.379 e. The van der Waals surface area contributed by atoms with E-state index < -0.39 is 15.7 Å². The van der Waals surface area contributed by atoms with Crippen LogP contribution in [0.5, 0.6) is 0 Å². The minimum atomic E-state index is -3.59. The predicted octanol–water partition coefficient (Wildman–Crippen LogP) is 2.95. The molecule has 2 fully saturated rings. The second kappa shape index (κ2) is 15.2. The molecule has 1 amide bonds. The van der Waals surface area contributed by atoms with Crippen molar-refractivity contribution in [3.8, 4) is 5.82 Å². The number of nitrogens with zero attached hydrogens (tertiary/aromatic N) is 6. The van der Waals surface area contributed by atoms with E-state index in [9.17, 15) is 13.2 Å². The Morgan fingerprint density at radius 3 is 2.40 bits per heavy atom. The van der Waals surface area contributed by atoms with Crippen molar-refractivity contribution in [2.75, 3.05) is 87.9 Å². The van der Waals surface area contributed by atoms with Gasteiger partial charge in [-0.25, -0.2) is 18.4 Å². The van der Waals surface area contributed by atoms with E-state index >= 15 is 0 Å². The summed E-state index contributed by atoms with van der Waals surface area (Å²) >= 11 is 0. The molecular formula is C33H41N9O5S. The Bertz CT molecular complexity index is 1840. The highest BCUT2D eigenvalue weighted by Gasteiger charge is 2.20. The average Bonchev–Trinajstić information content (AvgIpc) is 3.48. The number of carbonyl (C=O) groups is 1. The summed E-state index contributed by atoms with van der Waals surface area (Å²) in [5.41, 5.74) is 3.12. The molecule has 3 N–H and O–H groups in total. The zero-order valence-electron chi connectivity index (χ0n) is 27.2. The van der Waals surface area contributed by atoms with Crippen LogP contribution in [0.4, 0.5) is 23.0 Å². The van der Waals surface area contributed by atoms with Gasteiger partial charge in [0.25, 0.3) is 5.91 Å². The van der Waals surface area contributed by atoms with Crippen molar-refractivity contribution in [2.45, 2.75) is 18.4 Å². The van der Waals surface area contributed by atoms with E-state index in [0.717, 1.165) is 75.7 Å². The zero-order chi connectivity index (χ0) is 33.5. The second-order valence-electron chi connectivity index (χ2n) is 11.8. The third-order valence-electron chi connectivity index (χ3n) is 8.25. The third kappa shape index (κ3) is 8.54. The molecule has 15 heteroatoms.